The Labute approximate surface area is 111 Å². The van der Waals surface area contributed by atoms with Crippen LogP contribution in [0.3, 0.4) is 0 Å². The number of sulfonamides is 1. The van der Waals surface area contributed by atoms with Gasteiger partial charge in [0.25, 0.3) is 0 Å². The van der Waals surface area contributed by atoms with Gasteiger partial charge in [-0.05, 0) is 45.3 Å². The summed E-state index contributed by atoms with van der Waals surface area (Å²) < 4.78 is 24.3. The Morgan fingerprint density at radius 1 is 1.22 bits per heavy atom. The van der Waals surface area contributed by atoms with Crippen molar-refractivity contribution in [1.29, 1.82) is 0 Å². The standard InChI is InChI=1S/C12H27N3O2S/c1-3-9-15-10-4-5-12(6-11-15)13-7-8-14-18(2,16)17/h12-14H,3-11H2,1-2H3. The third kappa shape index (κ3) is 7.31. The monoisotopic (exact) mass is 277 g/mol. The van der Waals surface area contributed by atoms with E-state index < -0.39 is 10.0 Å². The van der Waals surface area contributed by atoms with Crippen LogP contribution >= 0.6 is 0 Å². The lowest BCUT2D eigenvalue weighted by Gasteiger charge is -2.19. The Kier molecular flexibility index (Phi) is 7.14. The molecule has 2 N–H and O–H groups in total. The molecule has 108 valence electrons. The van der Waals surface area contributed by atoms with E-state index in [1.807, 2.05) is 0 Å². The lowest BCUT2D eigenvalue weighted by atomic mass is 10.1. The molecule has 0 aromatic rings. The van der Waals surface area contributed by atoms with Crippen LogP contribution in [0.15, 0.2) is 0 Å². The number of hydrogen-bond donors (Lipinski definition) is 2. The lowest BCUT2D eigenvalue weighted by molar-refractivity contribution is 0.283. The summed E-state index contributed by atoms with van der Waals surface area (Å²) in [5.74, 6) is 0. The minimum atomic E-state index is -3.05. The fourth-order valence-electron chi connectivity index (χ4n) is 2.41. The highest BCUT2D eigenvalue weighted by molar-refractivity contribution is 7.88. The van der Waals surface area contributed by atoms with Crippen LogP contribution in [0.25, 0.3) is 0 Å². The van der Waals surface area contributed by atoms with Crippen molar-refractivity contribution in [3.8, 4) is 0 Å². The molecule has 6 heteroatoms. The van der Waals surface area contributed by atoms with Gasteiger partial charge in [-0.3, -0.25) is 0 Å². The second-order valence-corrected chi connectivity index (χ2v) is 6.92. The Bertz CT molecular complexity index is 319. The highest BCUT2D eigenvalue weighted by Gasteiger charge is 2.15. The highest BCUT2D eigenvalue weighted by Crippen LogP contribution is 2.10. The fraction of sp³-hybridized carbons (Fsp3) is 1.00. The van der Waals surface area contributed by atoms with Gasteiger partial charge in [0.05, 0.1) is 6.26 Å². The SMILES string of the molecule is CCCN1CCCC(NCCNS(C)(=O)=O)CC1. The second-order valence-electron chi connectivity index (χ2n) is 5.09. The molecule has 0 aromatic carbocycles. The largest absolute Gasteiger partial charge is 0.313 e. The van der Waals surface area contributed by atoms with Crippen LogP contribution in [0.4, 0.5) is 0 Å². The molecule has 1 rings (SSSR count). The second kappa shape index (κ2) is 8.09. The molecule has 1 unspecified atom stereocenters. The van der Waals surface area contributed by atoms with Crippen LogP contribution < -0.4 is 10.0 Å². The van der Waals surface area contributed by atoms with Crippen LogP contribution in [0, 0.1) is 0 Å². The van der Waals surface area contributed by atoms with E-state index in [-0.39, 0.29) is 0 Å². The molecule has 0 amide bonds. The van der Waals surface area contributed by atoms with E-state index in [1.54, 1.807) is 0 Å². The Hall–Kier alpha value is -0.170. The zero-order valence-electron chi connectivity index (χ0n) is 11.6. The molecule has 0 saturated carbocycles. The van der Waals surface area contributed by atoms with Gasteiger partial charge in [0.15, 0.2) is 0 Å². The van der Waals surface area contributed by atoms with Gasteiger partial charge in [0, 0.05) is 19.1 Å². The van der Waals surface area contributed by atoms with Crippen molar-refractivity contribution in [3.05, 3.63) is 0 Å². The van der Waals surface area contributed by atoms with Gasteiger partial charge in [-0.25, -0.2) is 13.1 Å². The quantitative estimate of drug-likeness (QED) is 0.661. The summed E-state index contributed by atoms with van der Waals surface area (Å²) in [6.07, 6.45) is 6.01. The van der Waals surface area contributed by atoms with E-state index in [0.29, 0.717) is 19.1 Å². The molecule has 1 atom stereocenters. The smallest absolute Gasteiger partial charge is 0.208 e. The predicted molar refractivity (Wildman–Crippen MR) is 75.2 cm³/mol. The highest BCUT2D eigenvalue weighted by atomic mass is 32.2. The van der Waals surface area contributed by atoms with Gasteiger partial charge >= 0.3 is 0 Å². The number of nitrogens with zero attached hydrogens (tertiary/aromatic N) is 1. The molecule has 0 aliphatic carbocycles. The molecule has 1 aliphatic heterocycles. The van der Waals surface area contributed by atoms with E-state index in [1.165, 1.54) is 45.0 Å². The van der Waals surface area contributed by atoms with E-state index in [2.05, 4.69) is 21.9 Å². The number of hydrogen-bond acceptors (Lipinski definition) is 4. The first-order valence-corrected chi connectivity index (χ1v) is 8.81. The summed E-state index contributed by atoms with van der Waals surface area (Å²) in [6, 6.07) is 0.535. The van der Waals surface area contributed by atoms with Crippen molar-refractivity contribution in [3.63, 3.8) is 0 Å². The van der Waals surface area contributed by atoms with Crippen molar-refractivity contribution in [2.75, 3.05) is 39.0 Å². The molecule has 0 bridgehead atoms. The maximum Gasteiger partial charge on any atom is 0.208 e. The van der Waals surface area contributed by atoms with Crippen molar-refractivity contribution >= 4 is 10.0 Å². The maximum absolute atomic E-state index is 10.9. The van der Waals surface area contributed by atoms with Crippen molar-refractivity contribution in [1.82, 2.24) is 14.9 Å². The normalized spacial score (nSPS) is 22.9. The van der Waals surface area contributed by atoms with Crippen LogP contribution in [0.2, 0.25) is 0 Å². The van der Waals surface area contributed by atoms with Crippen LogP contribution in [0.5, 0.6) is 0 Å². The number of likely N-dealkylation sites (tertiary alicyclic amines) is 1. The van der Waals surface area contributed by atoms with Crippen molar-refractivity contribution < 1.29 is 8.42 Å². The molecular formula is C12H27N3O2S. The van der Waals surface area contributed by atoms with Gasteiger partial charge in [0.1, 0.15) is 0 Å². The first-order chi connectivity index (χ1) is 8.51. The van der Waals surface area contributed by atoms with Gasteiger partial charge in [-0.1, -0.05) is 6.92 Å². The first-order valence-electron chi connectivity index (χ1n) is 6.91. The molecular weight excluding hydrogens is 250 g/mol. The molecule has 18 heavy (non-hydrogen) atoms. The first kappa shape index (κ1) is 15.9. The molecule has 5 nitrogen and oxygen atoms in total. The van der Waals surface area contributed by atoms with E-state index in [9.17, 15) is 8.42 Å². The van der Waals surface area contributed by atoms with E-state index >= 15 is 0 Å². The van der Waals surface area contributed by atoms with Gasteiger partial charge in [-0.2, -0.15) is 0 Å². The third-order valence-corrected chi connectivity index (χ3v) is 4.01. The Morgan fingerprint density at radius 2 is 2.00 bits per heavy atom. The van der Waals surface area contributed by atoms with E-state index in [0.717, 1.165) is 6.54 Å². The summed E-state index contributed by atoms with van der Waals surface area (Å²) in [6.45, 7) is 6.97. The fourth-order valence-corrected chi connectivity index (χ4v) is 2.89. The van der Waals surface area contributed by atoms with Crippen LogP contribution in [-0.2, 0) is 10.0 Å². The van der Waals surface area contributed by atoms with Crippen molar-refractivity contribution in [2.45, 2.75) is 38.6 Å². The number of nitrogens with one attached hydrogen (secondary N) is 2. The summed E-state index contributed by atoms with van der Waals surface area (Å²) in [5, 5.41) is 3.44. The zero-order valence-corrected chi connectivity index (χ0v) is 12.4. The molecule has 0 spiro atoms. The van der Waals surface area contributed by atoms with Crippen LogP contribution in [0.1, 0.15) is 32.6 Å². The molecule has 0 aromatic heterocycles. The van der Waals surface area contributed by atoms with Gasteiger partial charge < -0.3 is 10.2 Å². The van der Waals surface area contributed by atoms with Crippen LogP contribution in [-0.4, -0.2) is 58.3 Å². The molecule has 0 radical (unpaired) electrons. The van der Waals surface area contributed by atoms with Gasteiger partial charge in [0.2, 0.25) is 10.0 Å². The molecule has 1 fully saturated rings. The van der Waals surface area contributed by atoms with E-state index in [4.69, 9.17) is 0 Å². The zero-order chi connectivity index (χ0) is 13.4. The number of rotatable bonds is 7. The summed E-state index contributed by atoms with van der Waals surface area (Å²) in [7, 11) is -3.05. The molecule has 1 saturated heterocycles. The maximum atomic E-state index is 10.9. The molecule has 1 aliphatic rings. The minimum absolute atomic E-state index is 0.480. The summed E-state index contributed by atoms with van der Waals surface area (Å²) in [4.78, 5) is 2.52. The van der Waals surface area contributed by atoms with Gasteiger partial charge in [-0.15, -0.1) is 0 Å². The van der Waals surface area contributed by atoms with Crippen molar-refractivity contribution in [2.24, 2.45) is 0 Å². The predicted octanol–water partition coefficient (Wildman–Crippen LogP) is 0.390. The Balaban J connectivity index is 2.15. The topological polar surface area (TPSA) is 61.4 Å². The minimum Gasteiger partial charge on any atom is -0.313 e. The average Bonchev–Trinajstić information content (AvgIpc) is 2.50. The Morgan fingerprint density at radius 3 is 2.67 bits per heavy atom. The average molecular weight is 277 g/mol. The summed E-state index contributed by atoms with van der Waals surface area (Å²) in [5.41, 5.74) is 0. The summed E-state index contributed by atoms with van der Waals surface area (Å²) >= 11 is 0. The molecule has 1 heterocycles. The lowest BCUT2D eigenvalue weighted by Crippen LogP contribution is -2.37. The third-order valence-electron chi connectivity index (χ3n) is 3.28.